The molecule has 0 aromatic carbocycles. The fraction of sp³-hybridized carbons (Fsp3) is 0.429. The van der Waals surface area contributed by atoms with Gasteiger partial charge < -0.3 is 13.5 Å². The van der Waals surface area contributed by atoms with Crippen molar-refractivity contribution < 1.29 is 4.21 Å². The Hall–Kier alpha value is -0.690. The molecule has 3 nitrogen and oxygen atoms in total. The molecule has 0 amide bonds. The highest BCUT2D eigenvalue weighted by molar-refractivity contribution is 7.75. The molecule has 20 heavy (non-hydrogen) atoms. The number of hydrogen-bond donors (Lipinski definition) is 0. The molecule has 0 spiro atoms. The van der Waals surface area contributed by atoms with Gasteiger partial charge in [-0.15, -0.1) is 22.7 Å². The monoisotopic (exact) mass is 327 g/mol. The lowest BCUT2D eigenvalue weighted by atomic mass is 10.4. The van der Waals surface area contributed by atoms with Crippen LogP contribution in [0, 0.1) is 0 Å². The van der Waals surface area contributed by atoms with E-state index in [4.69, 9.17) is 0 Å². The lowest BCUT2D eigenvalue weighted by molar-refractivity contribution is 0.313. The van der Waals surface area contributed by atoms with Gasteiger partial charge in [0, 0.05) is 22.8 Å². The van der Waals surface area contributed by atoms with Gasteiger partial charge in [-0.05, 0) is 29.9 Å². The van der Waals surface area contributed by atoms with Crippen LogP contribution in [0.4, 0.5) is 0 Å². The van der Waals surface area contributed by atoms with Crippen LogP contribution in [0.3, 0.4) is 0 Å². The molecule has 2 aromatic rings. The zero-order chi connectivity index (χ0) is 14.4. The molecule has 0 aliphatic carbocycles. The van der Waals surface area contributed by atoms with Gasteiger partial charge in [0.2, 0.25) is 0 Å². The highest BCUT2D eigenvalue weighted by Gasteiger charge is 2.03. The van der Waals surface area contributed by atoms with Crippen molar-refractivity contribution in [1.29, 1.82) is 0 Å². The van der Waals surface area contributed by atoms with E-state index in [-0.39, 0.29) is 0 Å². The molecule has 0 fully saturated rings. The Morgan fingerprint density at radius 3 is 2.65 bits per heavy atom. The summed E-state index contributed by atoms with van der Waals surface area (Å²) in [5.74, 6) is 0. The summed E-state index contributed by atoms with van der Waals surface area (Å²) < 4.78 is 16.6. The molecule has 0 N–H and O–H groups in total. The van der Waals surface area contributed by atoms with Crippen LogP contribution in [0.1, 0.15) is 13.8 Å². The van der Waals surface area contributed by atoms with E-state index in [1.54, 1.807) is 22.7 Å². The minimum Gasteiger partial charge on any atom is -0.440 e. The number of hydrogen-bond acceptors (Lipinski definition) is 6. The Morgan fingerprint density at radius 2 is 2.00 bits per heavy atom. The third-order valence-corrected chi connectivity index (χ3v) is 6.31. The summed E-state index contributed by atoms with van der Waals surface area (Å²) in [7, 11) is -1.25. The summed E-state index contributed by atoms with van der Waals surface area (Å²) in [6.45, 7) is 7.78. The van der Waals surface area contributed by atoms with Gasteiger partial charge in [0.05, 0.1) is 0 Å². The summed E-state index contributed by atoms with van der Waals surface area (Å²) in [6.07, 6.45) is 0. The first-order valence-electron chi connectivity index (χ1n) is 6.69. The first-order chi connectivity index (χ1) is 9.76. The quantitative estimate of drug-likeness (QED) is 0.709. The van der Waals surface area contributed by atoms with E-state index < -0.39 is 10.6 Å². The number of nitrogens with zero attached hydrogens (tertiary/aromatic N) is 2. The van der Waals surface area contributed by atoms with Gasteiger partial charge in [-0.1, -0.05) is 30.9 Å². The minimum absolute atomic E-state index is 0.619. The average Bonchev–Trinajstić information content (AvgIpc) is 3.12. The van der Waals surface area contributed by atoms with Gasteiger partial charge in [0.15, 0.2) is 0 Å². The maximum atomic E-state index is 12.3. The van der Waals surface area contributed by atoms with Gasteiger partial charge in [0.25, 0.3) is 0 Å². The SMILES string of the molecule is CCN(CC)CCN=[S-](=O)c1ccsc1-c1cccs1. The van der Waals surface area contributed by atoms with E-state index in [0.29, 0.717) is 6.54 Å². The number of likely N-dealkylation sites (N-methyl/N-ethyl adjacent to an activating group) is 1. The maximum absolute atomic E-state index is 12.3. The fourth-order valence-electron chi connectivity index (χ4n) is 1.90. The summed E-state index contributed by atoms with van der Waals surface area (Å²) >= 11 is 3.31. The van der Waals surface area contributed by atoms with Gasteiger partial charge in [0.1, 0.15) is 0 Å². The van der Waals surface area contributed by atoms with Crippen molar-refractivity contribution in [3.8, 4) is 9.75 Å². The first-order valence-corrected chi connectivity index (χ1v) is 9.56. The van der Waals surface area contributed by atoms with Crippen LogP contribution in [-0.2, 0) is 14.8 Å². The third-order valence-electron chi connectivity index (χ3n) is 3.08. The van der Waals surface area contributed by atoms with Crippen molar-refractivity contribution in [3.05, 3.63) is 29.0 Å². The van der Waals surface area contributed by atoms with Gasteiger partial charge in [-0.25, -0.2) is 0 Å². The standard InChI is InChI=1S/C14H19N2OS3/c1-3-16(4-2)9-8-15-20(17)13-7-11-19-14(13)12-6-5-10-18-12/h5-7,10-11H,3-4,8-9H2,1-2H3/q-1. The van der Waals surface area contributed by atoms with Crippen LogP contribution in [0.2, 0.25) is 0 Å². The average molecular weight is 328 g/mol. The number of rotatable bonds is 7. The zero-order valence-corrected chi connectivity index (χ0v) is 14.2. The molecule has 0 radical (unpaired) electrons. The Labute approximate surface area is 130 Å². The van der Waals surface area contributed by atoms with E-state index in [2.05, 4.69) is 29.2 Å². The van der Waals surface area contributed by atoms with Crippen LogP contribution in [-0.4, -0.2) is 31.1 Å². The number of thiophene rings is 2. The smallest absolute Gasteiger partial charge is 0.0427 e. The van der Waals surface area contributed by atoms with Crippen LogP contribution in [0.5, 0.6) is 0 Å². The van der Waals surface area contributed by atoms with Crippen molar-refractivity contribution in [2.75, 3.05) is 26.2 Å². The largest absolute Gasteiger partial charge is 0.440 e. The molecule has 0 atom stereocenters. The second kappa shape index (κ2) is 7.93. The predicted octanol–water partition coefficient (Wildman–Crippen LogP) is 4.32. The fourth-order valence-corrected chi connectivity index (χ4v) is 4.92. The summed E-state index contributed by atoms with van der Waals surface area (Å²) in [6, 6.07) is 6.01. The third kappa shape index (κ3) is 3.91. The van der Waals surface area contributed by atoms with Gasteiger partial charge in [-0.3, -0.25) is 0 Å². The van der Waals surface area contributed by atoms with E-state index in [1.807, 2.05) is 22.9 Å². The molecular weight excluding hydrogens is 308 g/mol. The molecular formula is C14H19N2OS3-. The Kier molecular flexibility index (Phi) is 6.22. The molecule has 0 aliphatic rings. The zero-order valence-electron chi connectivity index (χ0n) is 11.7. The molecule has 2 aromatic heterocycles. The van der Waals surface area contributed by atoms with E-state index >= 15 is 0 Å². The minimum atomic E-state index is -1.25. The molecule has 0 saturated carbocycles. The van der Waals surface area contributed by atoms with Crippen LogP contribution >= 0.6 is 22.7 Å². The lowest BCUT2D eigenvalue weighted by Gasteiger charge is -2.17. The normalized spacial score (nSPS) is 13.2. The topological polar surface area (TPSA) is 32.7 Å². The molecule has 0 unspecified atom stereocenters. The summed E-state index contributed by atoms with van der Waals surface area (Å²) in [5.41, 5.74) is 0. The second-order valence-corrected chi connectivity index (χ2v) is 7.28. The van der Waals surface area contributed by atoms with Crippen LogP contribution in [0.25, 0.3) is 9.75 Å². The summed E-state index contributed by atoms with van der Waals surface area (Å²) in [5, 5.41) is 4.03. The highest BCUT2D eigenvalue weighted by atomic mass is 32.2. The molecule has 0 bridgehead atoms. The van der Waals surface area contributed by atoms with E-state index in [0.717, 1.165) is 29.4 Å². The van der Waals surface area contributed by atoms with Crippen molar-refractivity contribution in [2.45, 2.75) is 18.7 Å². The Morgan fingerprint density at radius 1 is 1.20 bits per heavy atom. The maximum Gasteiger partial charge on any atom is 0.0427 e. The van der Waals surface area contributed by atoms with Crippen molar-refractivity contribution in [3.63, 3.8) is 0 Å². The molecule has 0 saturated heterocycles. The summed E-state index contributed by atoms with van der Waals surface area (Å²) in [4.78, 5) is 5.39. The van der Waals surface area contributed by atoms with E-state index in [1.165, 1.54) is 4.88 Å². The van der Waals surface area contributed by atoms with Crippen LogP contribution < -0.4 is 0 Å². The van der Waals surface area contributed by atoms with Crippen LogP contribution in [0.15, 0.2) is 38.2 Å². The Balaban J connectivity index is 2.08. The first kappa shape index (κ1) is 15.7. The molecule has 2 rings (SSSR count). The van der Waals surface area contributed by atoms with E-state index in [9.17, 15) is 4.21 Å². The van der Waals surface area contributed by atoms with Gasteiger partial charge >= 0.3 is 0 Å². The highest BCUT2D eigenvalue weighted by Crippen LogP contribution is 2.34. The molecule has 2 heterocycles. The molecule has 0 aliphatic heterocycles. The van der Waals surface area contributed by atoms with Crippen molar-refractivity contribution >= 4 is 33.3 Å². The lowest BCUT2D eigenvalue weighted by Crippen LogP contribution is -2.25. The second-order valence-electron chi connectivity index (χ2n) is 4.22. The van der Waals surface area contributed by atoms with Crippen molar-refractivity contribution in [2.24, 2.45) is 4.36 Å². The molecule has 110 valence electrons. The molecule has 6 heteroatoms. The van der Waals surface area contributed by atoms with Crippen molar-refractivity contribution in [1.82, 2.24) is 4.90 Å². The van der Waals surface area contributed by atoms with Gasteiger partial charge in [-0.2, -0.15) is 10.6 Å². The Bertz CT molecular complexity index is 594. The predicted molar refractivity (Wildman–Crippen MR) is 89.0 cm³/mol.